The van der Waals surface area contributed by atoms with Gasteiger partial charge in [0.2, 0.25) is 0 Å². The minimum absolute atomic E-state index is 0.0682. The molecule has 0 fully saturated rings. The monoisotopic (exact) mass is 226 g/mol. The number of hydrogen-bond donors (Lipinski definition) is 3. The number of nitrogens with one attached hydrogen (secondary N) is 2. The zero-order valence-corrected chi connectivity index (χ0v) is 9.47. The Kier molecular flexibility index (Phi) is 6.92. The normalized spacial score (nSPS) is 8.13. The number of para-hydroxylation sites is 1. The smallest absolute Gasteiger partial charge is 0.410 e. The maximum Gasteiger partial charge on any atom is 0.410 e. The second-order valence-corrected chi connectivity index (χ2v) is 2.66. The Hall–Kier alpha value is -1.62. The largest absolute Gasteiger partial charge is 0.465 e. The molecular weight excluding hydrogens is 212 g/mol. The van der Waals surface area contributed by atoms with E-state index in [0.29, 0.717) is 0 Å². The van der Waals surface area contributed by atoms with E-state index >= 15 is 0 Å². The maximum atomic E-state index is 10.2. The van der Waals surface area contributed by atoms with Gasteiger partial charge < -0.3 is 10.4 Å². The summed E-state index contributed by atoms with van der Waals surface area (Å²) < 4.78 is 0. The zero-order chi connectivity index (χ0) is 11.7. The molecule has 0 saturated heterocycles. The van der Waals surface area contributed by atoms with Gasteiger partial charge in [0.05, 0.1) is 0 Å². The molecule has 0 atom stereocenters. The highest BCUT2D eigenvalue weighted by Gasteiger charge is 1.99. The van der Waals surface area contributed by atoms with Crippen LogP contribution >= 0.6 is 12.2 Å². The molecule has 0 aliphatic heterocycles. The summed E-state index contributed by atoms with van der Waals surface area (Å²) in [5.41, 5.74) is 0.751. The van der Waals surface area contributed by atoms with Gasteiger partial charge in [0.15, 0.2) is 5.11 Å². The summed E-state index contributed by atoms with van der Waals surface area (Å²) in [6.45, 7) is 4.00. The van der Waals surface area contributed by atoms with Crippen LogP contribution in [0.15, 0.2) is 30.3 Å². The van der Waals surface area contributed by atoms with Gasteiger partial charge in [0, 0.05) is 5.69 Å². The highest BCUT2D eigenvalue weighted by atomic mass is 32.1. The van der Waals surface area contributed by atoms with Crippen molar-refractivity contribution in [3.8, 4) is 0 Å². The number of anilines is 1. The number of carbonyl (C=O) groups is 1. The fraction of sp³-hybridized carbons (Fsp3) is 0.200. The minimum Gasteiger partial charge on any atom is -0.465 e. The van der Waals surface area contributed by atoms with E-state index < -0.39 is 6.09 Å². The quantitative estimate of drug-likeness (QED) is 0.644. The third kappa shape index (κ3) is 6.45. The summed E-state index contributed by atoms with van der Waals surface area (Å²) in [4.78, 5) is 10.2. The van der Waals surface area contributed by atoms with E-state index in [0.717, 1.165) is 5.69 Å². The molecule has 3 N–H and O–H groups in total. The SMILES string of the molecule is CC.O=C(O)NC(=S)Nc1ccccc1. The van der Waals surface area contributed by atoms with Gasteiger partial charge in [0.25, 0.3) is 0 Å². The molecule has 1 rings (SSSR count). The van der Waals surface area contributed by atoms with Crippen molar-refractivity contribution in [2.45, 2.75) is 13.8 Å². The first-order chi connectivity index (χ1) is 7.18. The van der Waals surface area contributed by atoms with Crippen molar-refractivity contribution in [2.24, 2.45) is 0 Å². The van der Waals surface area contributed by atoms with Crippen LogP contribution in [0.4, 0.5) is 10.5 Å². The van der Waals surface area contributed by atoms with Crippen LogP contribution in [0.25, 0.3) is 0 Å². The highest BCUT2D eigenvalue weighted by Crippen LogP contribution is 2.03. The maximum absolute atomic E-state index is 10.2. The van der Waals surface area contributed by atoms with Gasteiger partial charge in [-0.05, 0) is 24.4 Å². The molecule has 0 saturated carbocycles. The first-order valence-electron chi connectivity index (χ1n) is 4.54. The highest BCUT2D eigenvalue weighted by molar-refractivity contribution is 7.80. The summed E-state index contributed by atoms with van der Waals surface area (Å²) in [6.07, 6.45) is -1.17. The number of thiocarbonyl (C=S) groups is 1. The predicted molar refractivity (Wildman–Crippen MR) is 65.2 cm³/mol. The molecular formula is C10H14N2O2S. The minimum atomic E-state index is -1.17. The molecule has 4 nitrogen and oxygen atoms in total. The number of benzene rings is 1. The lowest BCUT2D eigenvalue weighted by atomic mass is 10.3. The van der Waals surface area contributed by atoms with Crippen molar-refractivity contribution in [3.05, 3.63) is 30.3 Å². The van der Waals surface area contributed by atoms with Gasteiger partial charge >= 0.3 is 6.09 Å². The number of amides is 1. The molecule has 5 heteroatoms. The third-order valence-electron chi connectivity index (χ3n) is 1.25. The van der Waals surface area contributed by atoms with E-state index in [-0.39, 0.29) is 5.11 Å². The van der Waals surface area contributed by atoms with Crippen LogP contribution in [0.5, 0.6) is 0 Å². The third-order valence-corrected chi connectivity index (χ3v) is 1.46. The van der Waals surface area contributed by atoms with Crippen LogP contribution in [0.3, 0.4) is 0 Å². The average Bonchev–Trinajstić information content (AvgIpc) is 2.21. The van der Waals surface area contributed by atoms with Crippen LogP contribution in [-0.2, 0) is 0 Å². The number of carboxylic acid groups (broad SMARTS) is 1. The van der Waals surface area contributed by atoms with Crippen LogP contribution < -0.4 is 10.6 Å². The second kappa shape index (κ2) is 7.75. The lowest BCUT2D eigenvalue weighted by Crippen LogP contribution is -2.32. The van der Waals surface area contributed by atoms with E-state index in [1.165, 1.54) is 0 Å². The van der Waals surface area contributed by atoms with Crippen LogP contribution in [0.2, 0.25) is 0 Å². The Morgan fingerprint density at radius 1 is 1.27 bits per heavy atom. The molecule has 0 heterocycles. The van der Waals surface area contributed by atoms with Gasteiger partial charge in [-0.2, -0.15) is 0 Å². The number of rotatable bonds is 1. The first-order valence-corrected chi connectivity index (χ1v) is 4.95. The van der Waals surface area contributed by atoms with Crippen molar-refractivity contribution in [2.75, 3.05) is 5.32 Å². The fourth-order valence-corrected chi connectivity index (χ4v) is 0.986. The van der Waals surface area contributed by atoms with E-state index in [1.54, 1.807) is 12.1 Å². The van der Waals surface area contributed by atoms with Crippen LogP contribution in [-0.4, -0.2) is 16.3 Å². The topological polar surface area (TPSA) is 61.4 Å². The summed E-state index contributed by atoms with van der Waals surface area (Å²) in [5.74, 6) is 0. The molecule has 15 heavy (non-hydrogen) atoms. The summed E-state index contributed by atoms with van der Waals surface area (Å²) in [7, 11) is 0. The molecule has 0 aromatic heterocycles. The van der Waals surface area contributed by atoms with Crippen molar-refractivity contribution < 1.29 is 9.90 Å². The molecule has 0 unspecified atom stereocenters. The Morgan fingerprint density at radius 2 is 1.80 bits per heavy atom. The van der Waals surface area contributed by atoms with Crippen LogP contribution in [0, 0.1) is 0 Å². The molecule has 0 aliphatic carbocycles. The lowest BCUT2D eigenvalue weighted by Gasteiger charge is -2.05. The summed E-state index contributed by atoms with van der Waals surface area (Å²) >= 11 is 4.71. The van der Waals surface area contributed by atoms with Gasteiger partial charge in [-0.25, -0.2) is 4.79 Å². The first kappa shape index (κ1) is 13.4. The van der Waals surface area contributed by atoms with E-state index in [2.05, 4.69) is 5.32 Å². The molecule has 0 radical (unpaired) electrons. The van der Waals surface area contributed by atoms with Crippen molar-refractivity contribution in [1.82, 2.24) is 5.32 Å². The average molecular weight is 226 g/mol. The van der Waals surface area contributed by atoms with Crippen molar-refractivity contribution in [1.29, 1.82) is 0 Å². The molecule has 0 bridgehead atoms. The molecule has 82 valence electrons. The van der Waals surface area contributed by atoms with Gasteiger partial charge in [-0.3, -0.25) is 5.32 Å². The summed E-state index contributed by atoms with van der Waals surface area (Å²) in [5, 5.41) is 13.1. The van der Waals surface area contributed by atoms with E-state index in [9.17, 15) is 4.79 Å². The van der Waals surface area contributed by atoms with E-state index in [1.807, 2.05) is 37.4 Å². The Balaban J connectivity index is 0.000000921. The van der Waals surface area contributed by atoms with E-state index in [4.69, 9.17) is 17.3 Å². The van der Waals surface area contributed by atoms with Gasteiger partial charge in [-0.15, -0.1) is 0 Å². The Morgan fingerprint density at radius 3 is 2.27 bits per heavy atom. The fourth-order valence-electron chi connectivity index (χ4n) is 0.781. The zero-order valence-electron chi connectivity index (χ0n) is 8.65. The molecule has 0 spiro atoms. The molecule has 1 amide bonds. The lowest BCUT2D eigenvalue weighted by molar-refractivity contribution is 0.200. The Bertz CT molecular complexity index is 314. The predicted octanol–water partition coefficient (Wildman–Crippen LogP) is 2.68. The Labute approximate surface area is 94.3 Å². The second-order valence-electron chi connectivity index (χ2n) is 2.25. The van der Waals surface area contributed by atoms with Crippen molar-refractivity contribution >= 4 is 29.1 Å². The standard InChI is InChI=1S/C8H8N2O2S.C2H6/c11-8(12)10-7(13)9-6-4-2-1-3-5-6;1-2/h1-5H,(H,11,12)(H2,9,10,13);1-2H3. The summed E-state index contributed by atoms with van der Waals surface area (Å²) in [6, 6.07) is 9.09. The van der Waals surface area contributed by atoms with Crippen LogP contribution in [0.1, 0.15) is 13.8 Å². The van der Waals surface area contributed by atoms with Crippen molar-refractivity contribution in [3.63, 3.8) is 0 Å². The number of hydrogen-bond acceptors (Lipinski definition) is 2. The van der Waals surface area contributed by atoms with Gasteiger partial charge in [0.1, 0.15) is 0 Å². The molecule has 1 aromatic rings. The molecule has 1 aromatic carbocycles. The van der Waals surface area contributed by atoms with Gasteiger partial charge in [-0.1, -0.05) is 32.0 Å². The molecule has 0 aliphatic rings.